The number of rotatable bonds is 8. The van der Waals surface area contributed by atoms with Gasteiger partial charge < -0.3 is 13.9 Å². The Morgan fingerprint density at radius 3 is 1.78 bits per heavy atom. The zero-order valence-corrected chi connectivity index (χ0v) is 34.7. The molecule has 0 spiro atoms. The van der Waals surface area contributed by atoms with Crippen molar-refractivity contribution in [2.75, 3.05) is 4.90 Å². The normalized spacial score (nSPS) is 12.7. The van der Waals surface area contributed by atoms with Gasteiger partial charge in [0.05, 0.1) is 22.4 Å². The van der Waals surface area contributed by atoms with Crippen molar-refractivity contribution in [3.63, 3.8) is 0 Å². The molecule has 0 fully saturated rings. The van der Waals surface area contributed by atoms with Gasteiger partial charge in [-0.2, -0.15) is 0 Å². The number of furan rings is 1. The minimum Gasteiger partial charge on any atom is -0.455 e. The quantitative estimate of drug-likeness (QED) is 0.153. The van der Waals surface area contributed by atoms with Gasteiger partial charge in [-0.1, -0.05) is 176 Å². The van der Waals surface area contributed by atoms with Crippen molar-refractivity contribution in [1.29, 1.82) is 0 Å². The second-order valence-corrected chi connectivity index (χ2v) is 16.3. The summed E-state index contributed by atoms with van der Waals surface area (Å²) < 4.78 is 9.00. The maximum atomic E-state index is 6.57. The van der Waals surface area contributed by atoms with Gasteiger partial charge in [0.1, 0.15) is 11.2 Å². The summed E-state index contributed by atoms with van der Waals surface area (Å²) in [6.07, 6.45) is 9.06. The molecule has 1 aliphatic carbocycles. The third-order valence-electron chi connectivity index (χ3n) is 12.7. The molecular weight excluding hydrogens is 765 g/mol. The van der Waals surface area contributed by atoms with Crippen LogP contribution in [0.2, 0.25) is 0 Å². The Labute approximate surface area is 366 Å². The van der Waals surface area contributed by atoms with Crippen molar-refractivity contribution in [2.24, 2.45) is 0 Å². The van der Waals surface area contributed by atoms with Crippen LogP contribution in [0, 0.1) is 0 Å². The number of nitrogens with zero attached hydrogens (tertiary/aromatic N) is 2. The number of anilines is 3. The SMILES string of the molecule is C1=CC(c2ccc(-c3ccc(N(c4cccc(-c5cccc6c5oc5ccccc56)c4)c4ccccc4-c4ccccc4-n4c5ccccc5c5ccccc54)cc3)cc2)=CCC1. The largest absolute Gasteiger partial charge is 0.455 e. The van der Waals surface area contributed by atoms with Crippen LogP contribution in [0.4, 0.5) is 17.1 Å². The molecule has 11 aromatic rings. The Balaban J connectivity index is 1.03. The average Bonchev–Trinajstić information content (AvgIpc) is 3.91. The van der Waals surface area contributed by atoms with Crippen LogP contribution < -0.4 is 4.90 Å². The van der Waals surface area contributed by atoms with Crippen molar-refractivity contribution in [2.45, 2.75) is 12.8 Å². The predicted molar refractivity (Wildman–Crippen MR) is 265 cm³/mol. The molecule has 0 N–H and O–H groups in total. The summed E-state index contributed by atoms with van der Waals surface area (Å²) in [5, 5.41) is 4.73. The van der Waals surface area contributed by atoms with Crippen molar-refractivity contribution in [3.05, 3.63) is 236 Å². The summed E-state index contributed by atoms with van der Waals surface area (Å²) in [7, 11) is 0. The Bertz CT molecular complexity index is 3510. The van der Waals surface area contributed by atoms with Crippen LogP contribution >= 0.6 is 0 Å². The maximum Gasteiger partial charge on any atom is 0.143 e. The number of hydrogen-bond donors (Lipinski definition) is 0. The molecule has 0 saturated heterocycles. The van der Waals surface area contributed by atoms with E-state index in [1.807, 2.05) is 6.07 Å². The molecule has 3 nitrogen and oxygen atoms in total. The molecule has 63 heavy (non-hydrogen) atoms. The van der Waals surface area contributed by atoms with E-state index in [9.17, 15) is 0 Å². The lowest BCUT2D eigenvalue weighted by Gasteiger charge is -2.29. The van der Waals surface area contributed by atoms with Gasteiger partial charge in [-0.3, -0.25) is 0 Å². The molecule has 0 bridgehead atoms. The zero-order valence-electron chi connectivity index (χ0n) is 34.7. The lowest BCUT2D eigenvalue weighted by molar-refractivity contribution is 0.670. The summed E-state index contributed by atoms with van der Waals surface area (Å²) in [6.45, 7) is 0. The highest BCUT2D eigenvalue weighted by atomic mass is 16.3. The maximum absolute atomic E-state index is 6.57. The first-order valence-corrected chi connectivity index (χ1v) is 21.8. The van der Waals surface area contributed by atoms with Crippen molar-refractivity contribution in [1.82, 2.24) is 4.57 Å². The minimum atomic E-state index is 0.895. The van der Waals surface area contributed by atoms with E-state index < -0.39 is 0 Å². The molecule has 9 aromatic carbocycles. The van der Waals surface area contributed by atoms with Crippen LogP contribution in [-0.4, -0.2) is 4.57 Å². The molecule has 12 rings (SSSR count). The fraction of sp³-hybridized carbons (Fsp3) is 0.0333. The summed E-state index contributed by atoms with van der Waals surface area (Å²) in [5.74, 6) is 0. The van der Waals surface area contributed by atoms with E-state index in [1.54, 1.807) is 0 Å². The number of benzene rings is 9. The monoisotopic (exact) mass is 806 g/mol. The number of fused-ring (bicyclic) bond motifs is 6. The fourth-order valence-corrected chi connectivity index (χ4v) is 9.67. The second-order valence-electron chi connectivity index (χ2n) is 16.3. The number of hydrogen-bond acceptors (Lipinski definition) is 2. The lowest BCUT2D eigenvalue weighted by Crippen LogP contribution is -2.11. The van der Waals surface area contributed by atoms with Crippen molar-refractivity contribution in [3.8, 4) is 39.1 Å². The van der Waals surface area contributed by atoms with Crippen molar-refractivity contribution >= 4 is 66.4 Å². The lowest BCUT2D eigenvalue weighted by atomic mass is 9.96. The Hall–Kier alpha value is -8.14. The van der Waals surface area contributed by atoms with E-state index in [0.29, 0.717) is 0 Å². The van der Waals surface area contributed by atoms with Gasteiger partial charge in [0.15, 0.2) is 0 Å². The molecule has 2 aromatic heterocycles. The van der Waals surface area contributed by atoms with E-state index in [1.165, 1.54) is 44.1 Å². The molecule has 0 radical (unpaired) electrons. The fourth-order valence-electron chi connectivity index (χ4n) is 9.67. The number of para-hydroxylation sites is 6. The van der Waals surface area contributed by atoms with Gasteiger partial charge in [0, 0.05) is 49.6 Å². The molecule has 2 heterocycles. The second kappa shape index (κ2) is 15.4. The van der Waals surface area contributed by atoms with E-state index in [4.69, 9.17) is 4.42 Å². The smallest absolute Gasteiger partial charge is 0.143 e. The van der Waals surface area contributed by atoms with Crippen LogP contribution in [-0.2, 0) is 0 Å². The van der Waals surface area contributed by atoms with Crippen LogP contribution in [0.1, 0.15) is 18.4 Å². The van der Waals surface area contributed by atoms with Gasteiger partial charge in [0.25, 0.3) is 0 Å². The standard InChI is InChI=1S/C60H42N2O/c1-2-16-41(17-3-1)42-32-34-43(35-33-42)44-36-38-46(39-37-44)61(47-19-14-18-45(40-47)48-25-15-26-54-53-24-8-13-31-59(53)63-60(48)54)55-27-9-4-20-49(55)50-21-5-10-28-56(50)62-57-29-11-6-22-51(57)52-23-7-12-30-58(52)62/h2,4-40H,1,3H2. The highest BCUT2D eigenvalue weighted by molar-refractivity contribution is 6.11. The van der Waals surface area contributed by atoms with Gasteiger partial charge in [-0.05, 0) is 95.3 Å². The van der Waals surface area contributed by atoms with E-state index in [0.717, 1.165) is 79.8 Å². The van der Waals surface area contributed by atoms with Gasteiger partial charge in [-0.25, -0.2) is 0 Å². The predicted octanol–water partition coefficient (Wildman–Crippen LogP) is 16.9. The first kappa shape index (κ1) is 36.7. The third kappa shape index (κ3) is 6.36. The van der Waals surface area contributed by atoms with E-state index in [2.05, 4.69) is 234 Å². The Morgan fingerprint density at radius 2 is 1.02 bits per heavy atom. The summed E-state index contributed by atoms with van der Waals surface area (Å²) in [6, 6.07) is 76.8. The minimum absolute atomic E-state index is 0.895. The number of allylic oxidation sites excluding steroid dienone is 4. The van der Waals surface area contributed by atoms with Crippen LogP contribution in [0.15, 0.2) is 235 Å². The van der Waals surface area contributed by atoms with Crippen LogP contribution in [0.25, 0.3) is 88.4 Å². The molecule has 0 atom stereocenters. The molecule has 3 heteroatoms. The summed E-state index contributed by atoms with van der Waals surface area (Å²) in [5.41, 5.74) is 17.8. The average molecular weight is 807 g/mol. The first-order chi connectivity index (χ1) is 31.3. The van der Waals surface area contributed by atoms with Crippen LogP contribution in [0.5, 0.6) is 0 Å². The van der Waals surface area contributed by atoms with Crippen LogP contribution in [0.3, 0.4) is 0 Å². The number of aromatic nitrogens is 1. The van der Waals surface area contributed by atoms with Gasteiger partial charge >= 0.3 is 0 Å². The van der Waals surface area contributed by atoms with E-state index in [-0.39, 0.29) is 0 Å². The highest BCUT2D eigenvalue weighted by Crippen LogP contribution is 2.46. The molecule has 1 aliphatic rings. The first-order valence-electron chi connectivity index (χ1n) is 21.8. The van der Waals surface area contributed by atoms with Crippen molar-refractivity contribution < 1.29 is 4.42 Å². The molecule has 0 unspecified atom stereocenters. The van der Waals surface area contributed by atoms with Gasteiger partial charge in [0.2, 0.25) is 0 Å². The summed E-state index contributed by atoms with van der Waals surface area (Å²) >= 11 is 0. The molecule has 0 amide bonds. The molecule has 0 saturated carbocycles. The zero-order chi connectivity index (χ0) is 41.7. The Kier molecular flexibility index (Phi) is 8.97. The van der Waals surface area contributed by atoms with Gasteiger partial charge in [-0.15, -0.1) is 0 Å². The topological polar surface area (TPSA) is 21.3 Å². The third-order valence-corrected chi connectivity index (χ3v) is 12.7. The molecule has 298 valence electrons. The Morgan fingerprint density at radius 1 is 0.413 bits per heavy atom. The molecule has 0 aliphatic heterocycles. The summed E-state index contributed by atoms with van der Waals surface area (Å²) in [4.78, 5) is 2.41. The van der Waals surface area contributed by atoms with E-state index >= 15 is 0 Å². The molecular formula is C60H42N2O. The highest BCUT2D eigenvalue weighted by Gasteiger charge is 2.22.